The number of rotatable bonds is 6. The van der Waals surface area contributed by atoms with Gasteiger partial charge in [0.1, 0.15) is 24.7 Å². The molecule has 1 atom stereocenters. The normalized spacial score (nSPS) is 15.3. The Bertz CT molecular complexity index is 1210. The van der Waals surface area contributed by atoms with Crippen molar-refractivity contribution in [2.24, 2.45) is 0 Å². The fourth-order valence-corrected chi connectivity index (χ4v) is 3.99. The molecule has 2 heterocycles. The second-order valence-corrected chi connectivity index (χ2v) is 8.24. The van der Waals surface area contributed by atoms with E-state index in [1.165, 1.54) is 18.5 Å². The van der Waals surface area contributed by atoms with E-state index in [9.17, 15) is 14.0 Å². The van der Waals surface area contributed by atoms with E-state index in [2.05, 4.69) is 31.3 Å². The largest absolute Gasteiger partial charge is 0.463 e. The Morgan fingerprint density at radius 2 is 1.85 bits per heavy atom. The van der Waals surface area contributed by atoms with Crippen LogP contribution in [0.4, 0.5) is 16.0 Å². The molecule has 33 heavy (non-hydrogen) atoms. The number of hydrogen-bond donors (Lipinski definition) is 1. The molecular formula is C23H21BrFN5O3. The highest BCUT2D eigenvalue weighted by Gasteiger charge is 2.38. The summed E-state index contributed by atoms with van der Waals surface area (Å²) in [5.74, 6) is -0.836. The Balaban J connectivity index is 1.72. The maximum Gasteiger partial charge on any atom is 0.338 e. The van der Waals surface area contributed by atoms with Crippen molar-refractivity contribution in [2.45, 2.75) is 19.9 Å². The smallest absolute Gasteiger partial charge is 0.338 e. The molecule has 1 aromatic heterocycles. The van der Waals surface area contributed by atoms with Crippen LogP contribution in [-0.4, -0.2) is 39.8 Å². The van der Waals surface area contributed by atoms with Gasteiger partial charge in [0.15, 0.2) is 0 Å². The van der Waals surface area contributed by atoms with Gasteiger partial charge in [-0.15, -0.1) is 0 Å². The van der Waals surface area contributed by atoms with Gasteiger partial charge >= 0.3 is 5.97 Å². The zero-order valence-electron chi connectivity index (χ0n) is 18.0. The van der Waals surface area contributed by atoms with E-state index < -0.39 is 17.8 Å². The Hall–Kier alpha value is -3.53. The first kappa shape index (κ1) is 22.7. The first-order chi connectivity index (χ1) is 15.9. The van der Waals surface area contributed by atoms with Gasteiger partial charge in [-0.1, -0.05) is 28.1 Å². The molecule has 0 spiro atoms. The summed E-state index contributed by atoms with van der Waals surface area (Å²) < 4.78 is 21.3. The molecule has 170 valence electrons. The Morgan fingerprint density at radius 3 is 2.52 bits per heavy atom. The van der Waals surface area contributed by atoms with Crippen molar-refractivity contribution in [3.05, 3.63) is 82.0 Å². The molecule has 0 saturated carbocycles. The van der Waals surface area contributed by atoms with Crippen molar-refractivity contribution in [3.8, 4) is 0 Å². The molecule has 10 heteroatoms. The minimum absolute atomic E-state index is 0.0976. The number of halogens is 2. The van der Waals surface area contributed by atoms with Crippen LogP contribution in [0.2, 0.25) is 0 Å². The number of esters is 1. The van der Waals surface area contributed by atoms with E-state index in [0.717, 1.165) is 4.47 Å². The van der Waals surface area contributed by atoms with E-state index in [0.29, 0.717) is 28.5 Å². The molecule has 0 radical (unpaired) electrons. The molecule has 0 fully saturated rings. The van der Waals surface area contributed by atoms with Crippen molar-refractivity contribution in [1.82, 2.24) is 14.8 Å². The van der Waals surface area contributed by atoms with Crippen molar-refractivity contribution in [2.75, 3.05) is 23.4 Å². The zero-order valence-corrected chi connectivity index (χ0v) is 19.5. The second kappa shape index (κ2) is 9.53. The quantitative estimate of drug-likeness (QED) is 0.499. The van der Waals surface area contributed by atoms with Gasteiger partial charge < -0.3 is 15.0 Å². The van der Waals surface area contributed by atoms with E-state index >= 15 is 0 Å². The topological polar surface area (TPSA) is 89.3 Å². The van der Waals surface area contributed by atoms with Crippen LogP contribution in [-0.2, 0) is 14.3 Å². The number of benzene rings is 2. The summed E-state index contributed by atoms with van der Waals surface area (Å²) in [5, 5.41) is 7.15. The number of aromatic nitrogens is 3. The minimum Gasteiger partial charge on any atom is -0.463 e. The third-order valence-corrected chi connectivity index (χ3v) is 5.75. The van der Waals surface area contributed by atoms with Crippen molar-refractivity contribution >= 4 is 39.4 Å². The highest BCUT2D eigenvalue weighted by molar-refractivity contribution is 9.10. The lowest BCUT2D eigenvalue weighted by molar-refractivity contribution is -0.139. The summed E-state index contributed by atoms with van der Waals surface area (Å²) in [6, 6.07) is 12.4. The molecule has 0 unspecified atom stereocenters. The number of nitrogens with one attached hydrogen (secondary N) is 1. The van der Waals surface area contributed by atoms with Gasteiger partial charge in [0.25, 0.3) is 0 Å². The minimum atomic E-state index is -0.673. The van der Waals surface area contributed by atoms with E-state index in [-0.39, 0.29) is 19.1 Å². The lowest BCUT2D eigenvalue weighted by atomic mass is 9.95. The highest BCUT2D eigenvalue weighted by Crippen LogP contribution is 2.38. The summed E-state index contributed by atoms with van der Waals surface area (Å²) >= 11 is 3.36. The standard InChI is InChI=1S/C23H21BrFN5O3/c1-3-33-22(32)20-14(2)29(12-19(31)28-18-10-6-16(24)7-11-18)23-26-13-27-30(23)21(20)15-4-8-17(25)9-5-15/h4-11,13,21H,3,12H2,1-2H3,(H,28,31)/t21-/m0/s1. The number of carbonyl (C=O) groups excluding carboxylic acids is 2. The molecule has 8 nitrogen and oxygen atoms in total. The van der Waals surface area contributed by atoms with Gasteiger partial charge in [-0.25, -0.2) is 13.9 Å². The fourth-order valence-electron chi connectivity index (χ4n) is 3.72. The van der Waals surface area contributed by atoms with Gasteiger partial charge in [0.05, 0.1) is 12.2 Å². The lowest BCUT2D eigenvalue weighted by Crippen LogP contribution is -2.40. The fraction of sp³-hybridized carbons (Fsp3) is 0.217. The Kier molecular flexibility index (Phi) is 6.55. The monoisotopic (exact) mass is 513 g/mol. The molecule has 0 bridgehead atoms. The summed E-state index contributed by atoms with van der Waals surface area (Å²) in [5.41, 5.74) is 2.09. The van der Waals surface area contributed by atoms with Gasteiger partial charge in [0, 0.05) is 15.9 Å². The van der Waals surface area contributed by atoms with Crippen molar-refractivity contribution in [1.29, 1.82) is 0 Å². The molecule has 1 amide bonds. The number of hydrogen-bond acceptors (Lipinski definition) is 6. The molecule has 0 saturated heterocycles. The predicted molar refractivity (Wildman–Crippen MR) is 124 cm³/mol. The van der Waals surface area contributed by atoms with Crippen LogP contribution in [0.25, 0.3) is 0 Å². The molecule has 0 aliphatic carbocycles. The van der Waals surface area contributed by atoms with Gasteiger partial charge in [-0.2, -0.15) is 10.1 Å². The van der Waals surface area contributed by atoms with E-state index in [1.807, 2.05) is 12.1 Å². The molecule has 1 N–H and O–H groups in total. The summed E-state index contributed by atoms with van der Waals surface area (Å²) in [4.78, 5) is 31.8. The van der Waals surface area contributed by atoms with Crippen molar-refractivity contribution in [3.63, 3.8) is 0 Å². The third kappa shape index (κ3) is 4.65. The second-order valence-electron chi connectivity index (χ2n) is 7.32. The average molecular weight is 514 g/mol. The van der Waals surface area contributed by atoms with Crippen LogP contribution in [0, 0.1) is 5.82 Å². The van der Waals surface area contributed by atoms with E-state index in [4.69, 9.17) is 4.74 Å². The number of carbonyl (C=O) groups is 2. The number of amides is 1. The number of fused-ring (bicyclic) bond motifs is 1. The summed E-state index contributed by atoms with van der Waals surface area (Å²) in [6.45, 7) is 3.53. The van der Waals surface area contributed by atoms with Crippen LogP contribution in [0.3, 0.4) is 0 Å². The van der Waals surface area contributed by atoms with Crippen LogP contribution >= 0.6 is 15.9 Å². The number of anilines is 2. The van der Waals surface area contributed by atoms with Crippen LogP contribution in [0.1, 0.15) is 25.5 Å². The maximum absolute atomic E-state index is 13.6. The average Bonchev–Trinajstić information content (AvgIpc) is 3.27. The van der Waals surface area contributed by atoms with Gasteiger partial charge in [0.2, 0.25) is 11.9 Å². The summed E-state index contributed by atoms with van der Waals surface area (Å²) in [7, 11) is 0. The van der Waals surface area contributed by atoms with Crippen LogP contribution in [0.5, 0.6) is 0 Å². The van der Waals surface area contributed by atoms with E-state index in [1.54, 1.807) is 47.7 Å². The Labute approximate surface area is 198 Å². The lowest BCUT2D eigenvalue weighted by Gasteiger charge is -2.35. The van der Waals surface area contributed by atoms with Gasteiger partial charge in [-0.05, 0) is 55.8 Å². The summed E-state index contributed by atoms with van der Waals surface area (Å²) in [6.07, 6.45) is 1.35. The number of ether oxygens (including phenoxy) is 1. The molecule has 4 rings (SSSR count). The Morgan fingerprint density at radius 1 is 1.15 bits per heavy atom. The zero-order chi connectivity index (χ0) is 23.5. The molecule has 2 aromatic carbocycles. The SMILES string of the molecule is CCOC(=O)C1=C(C)N(CC(=O)Nc2ccc(Br)cc2)c2ncnn2[C@H]1c1ccc(F)cc1. The maximum atomic E-state index is 13.6. The van der Waals surface area contributed by atoms with Crippen molar-refractivity contribution < 1.29 is 18.7 Å². The van der Waals surface area contributed by atoms with Crippen LogP contribution < -0.4 is 10.2 Å². The van der Waals surface area contributed by atoms with Crippen LogP contribution in [0.15, 0.2) is 70.6 Å². The van der Waals surface area contributed by atoms with Gasteiger partial charge in [-0.3, -0.25) is 4.79 Å². The first-order valence-electron chi connectivity index (χ1n) is 10.2. The third-order valence-electron chi connectivity index (χ3n) is 5.22. The molecule has 3 aromatic rings. The number of allylic oxidation sites excluding steroid dienone is 1. The predicted octanol–water partition coefficient (Wildman–Crippen LogP) is 4.06. The molecule has 1 aliphatic rings. The highest BCUT2D eigenvalue weighted by atomic mass is 79.9. The first-order valence-corrected chi connectivity index (χ1v) is 11.0. The molecule has 1 aliphatic heterocycles. The molecular weight excluding hydrogens is 493 g/mol. The number of nitrogens with zero attached hydrogens (tertiary/aromatic N) is 4.